The van der Waals surface area contributed by atoms with Gasteiger partial charge in [0.25, 0.3) is 11.8 Å². The maximum Gasteiger partial charge on any atom is 0.276 e. The summed E-state index contributed by atoms with van der Waals surface area (Å²) in [6.07, 6.45) is 0. The molecule has 5 nitrogen and oxygen atoms in total. The van der Waals surface area contributed by atoms with Gasteiger partial charge in [-0.05, 0) is 38.1 Å². The Balaban J connectivity index is 1.78. The topological polar surface area (TPSA) is 67.4 Å². The number of hydrogen-bond donors (Lipinski definition) is 2. The number of amides is 2. The molecule has 0 aliphatic carbocycles. The van der Waals surface area contributed by atoms with Crippen LogP contribution in [0.4, 0.5) is 0 Å². The highest BCUT2D eigenvalue weighted by Gasteiger charge is 2.07. The number of aryl methyl sites for hydroxylation is 2. The van der Waals surface area contributed by atoms with Gasteiger partial charge in [0, 0.05) is 5.56 Å². The van der Waals surface area contributed by atoms with E-state index >= 15 is 0 Å². The van der Waals surface area contributed by atoms with Crippen LogP contribution in [-0.2, 0) is 4.79 Å². The molecule has 0 heterocycles. The average molecular weight is 298 g/mol. The Labute approximate surface area is 129 Å². The molecule has 0 aromatic heterocycles. The second-order valence-electron chi connectivity index (χ2n) is 4.97. The number of nitrogens with one attached hydrogen (secondary N) is 2. The highest BCUT2D eigenvalue weighted by atomic mass is 16.5. The second kappa shape index (κ2) is 7.26. The van der Waals surface area contributed by atoms with Crippen LogP contribution in [0.2, 0.25) is 0 Å². The van der Waals surface area contributed by atoms with Gasteiger partial charge in [-0.1, -0.05) is 35.4 Å². The molecule has 0 fully saturated rings. The molecule has 22 heavy (non-hydrogen) atoms. The van der Waals surface area contributed by atoms with Gasteiger partial charge in [-0.2, -0.15) is 0 Å². The van der Waals surface area contributed by atoms with Crippen molar-refractivity contribution < 1.29 is 14.3 Å². The van der Waals surface area contributed by atoms with Gasteiger partial charge in [-0.25, -0.2) is 0 Å². The lowest BCUT2D eigenvalue weighted by atomic mass is 10.1. The van der Waals surface area contributed by atoms with Crippen LogP contribution >= 0.6 is 0 Å². The summed E-state index contributed by atoms with van der Waals surface area (Å²) in [5.74, 6) is -0.195. The van der Waals surface area contributed by atoms with Crippen molar-refractivity contribution in [2.75, 3.05) is 6.61 Å². The van der Waals surface area contributed by atoms with E-state index in [4.69, 9.17) is 4.74 Å². The Morgan fingerprint density at radius 2 is 1.68 bits per heavy atom. The van der Waals surface area contributed by atoms with Crippen molar-refractivity contribution in [3.05, 3.63) is 65.2 Å². The Morgan fingerprint density at radius 3 is 2.36 bits per heavy atom. The lowest BCUT2D eigenvalue weighted by Crippen LogP contribution is -2.43. The van der Waals surface area contributed by atoms with Crippen LogP contribution in [0.5, 0.6) is 5.75 Å². The molecule has 5 heteroatoms. The summed E-state index contributed by atoms with van der Waals surface area (Å²) in [5.41, 5.74) is 7.24. The fraction of sp³-hybridized carbons (Fsp3) is 0.176. The molecular weight excluding hydrogens is 280 g/mol. The van der Waals surface area contributed by atoms with Crippen LogP contribution in [0, 0.1) is 13.8 Å². The second-order valence-corrected chi connectivity index (χ2v) is 4.97. The third-order valence-electron chi connectivity index (χ3n) is 2.99. The first kappa shape index (κ1) is 15.6. The number of carbonyl (C=O) groups is 2. The van der Waals surface area contributed by atoms with E-state index in [0.717, 1.165) is 11.1 Å². The summed E-state index contributed by atoms with van der Waals surface area (Å²) in [6.45, 7) is 3.69. The normalized spacial score (nSPS) is 9.91. The van der Waals surface area contributed by atoms with Gasteiger partial charge in [-0.3, -0.25) is 20.4 Å². The molecule has 0 aliphatic heterocycles. The standard InChI is InChI=1S/C17H18N2O3/c1-12-6-8-15(9-7-12)22-11-16(20)18-19-17(21)14-5-3-4-13(2)10-14/h3-10H,11H2,1-2H3,(H,18,20)(H,19,21). The number of ether oxygens (including phenoxy) is 1. The molecule has 2 aromatic rings. The smallest absolute Gasteiger partial charge is 0.276 e. The minimum Gasteiger partial charge on any atom is -0.484 e. The lowest BCUT2D eigenvalue weighted by molar-refractivity contribution is -0.123. The van der Waals surface area contributed by atoms with Gasteiger partial charge >= 0.3 is 0 Å². The molecule has 0 aliphatic rings. The van der Waals surface area contributed by atoms with E-state index in [-0.39, 0.29) is 12.5 Å². The Kier molecular flexibility index (Phi) is 5.14. The summed E-state index contributed by atoms with van der Waals surface area (Å²) >= 11 is 0. The molecule has 0 saturated carbocycles. The number of carbonyl (C=O) groups excluding carboxylic acids is 2. The quantitative estimate of drug-likeness (QED) is 0.850. The minimum absolute atomic E-state index is 0.169. The zero-order chi connectivity index (χ0) is 15.9. The molecule has 2 aromatic carbocycles. The Bertz CT molecular complexity index is 666. The first-order valence-electron chi connectivity index (χ1n) is 6.90. The van der Waals surface area contributed by atoms with E-state index in [9.17, 15) is 9.59 Å². The summed E-state index contributed by atoms with van der Waals surface area (Å²) in [5, 5.41) is 0. The van der Waals surface area contributed by atoms with E-state index in [1.54, 1.807) is 30.3 Å². The summed E-state index contributed by atoms with van der Waals surface area (Å²) in [6, 6.07) is 14.5. The van der Waals surface area contributed by atoms with Crippen LogP contribution < -0.4 is 15.6 Å². The highest BCUT2D eigenvalue weighted by molar-refractivity contribution is 5.95. The maximum absolute atomic E-state index is 11.8. The minimum atomic E-state index is -0.429. The number of rotatable bonds is 4. The van der Waals surface area contributed by atoms with Crippen molar-refractivity contribution in [1.82, 2.24) is 10.9 Å². The van der Waals surface area contributed by atoms with Crippen molar-refractivity contribution in [3.63, 3.8) is 0 Å². The number of hydrazine groups is 1. The molecule has 0 saturated heterocycles. The molecule has 0 radical (unpaired) electrons. The van der Waals surface area contributed by atoms with Gasteiger partial charge in [0.15, 0.2) is 6.61 Å². The van der Waals surface area contributed by atoms with Crippen LogP contribution in [0.3, 0.4) is 0 Å². The van der Waals surface area contributed by atoms with E-state index in [2.05, 4.69) is 10.9 Å². The van der Waals surface area contributed by atoms with Crippen molar-refractivity contribution in [2.24, 2.45) is 0 Å². The molecular formula is C17H18N2O3. The molecule has 0 unspecified atom stereocenters. The molecule has 2 amide bonds. The molecule has 2 rings (SSSR count). The van der Waals surface area contributed by atoms with Crippen molar-refractivity contribution >= 4 is 11.8 Å². The molecule has 114 valence electrons. The SMILES string of the molecule is Cc1ccc(OCC(=O)NNC(=O)c2cccc(C)c2)cc1. The van der Waals surface area contributed by atoms with Crippen LogP contribution in [0.15, 0.2) is 48.5 Å². The third-order valence-corrected chi connectivity index (χ3v) is 2.99. The maximum atomic E-state index is 11.8. The molecule has 0 bridgehead atoms. The molecule has 2 N–H and O–H groups in total. The fourth-order valence-electron chi connectivity index (χ4n) is 1.80. The third kappa shape index (κ3) is 4.63. The average Bonchev–Trinajstić information content (AvgIpc) is 2.52. The van der Waals surface area contributed by atoms with Gasteiger partial charge in [0.1, 0.15) is 5.75 Å². The van der Waals surface area contributed by atoms with E-state index in [0.29, 0.717) is 11.3 Å². The summed E-state index contributed by atoms with van der Waals surface area (Å²) in [7, 11) is 0. The van der Waals surface area contributed by atoms with Crippen LogP contribution in [-0.4, -0.2) is 18.4 Å². The van der Waals surface area contributed by atoms with Gasteiger partial charge in [0.05, 0.1) is 0 Å². The van der Waals surface area contributed by atoms with Crippen molar-refractivity contribution in [2.45, 2.75) is 13.8 Å². The first-order valence-corrected chi connectivity index (χ1v) is 6.90. The van der Waals surface area contributed by atoms with Crippen LogP contribution in [0.25, 0.3) is 0 Å². The van der Waals surface area contributed by atoms with Gasteiger partial charge < -0.3 is 4.74 Å². The van der Waals surface area contributed by atoms with Crippen LogP contribution in [0.1, 0.15) is 21.5 Å². The largest absolute Gasteiger partial charge is 0.484 e. The van der Waals surface area contributed by atoms with Gasteiger partial charge in [-0.15, -0.1) is 0 Å². The summed E-state index contributed by atoms with van der Waals surface area (Å²) < 4.78 is 5.32. The monoisotopic (exact) mass is 298 g/mol. The number of hydrogen-bond acceptors (Lipinski definition) is 3. The zero-order valence-corrected chi connectivity index (χ0v) is 12.6. The zero-order valence-electron chi connectivity index (χ0n) is 12.6. The first-order chi connectivity index (χ1) is 10.5. The Morgan fingerprint density at radius 1 is 0.955 bits per heavy atom. The van der Waals surface area contributed by atoms with E-state index in [1.165, 1.54) is 0 Å². The molecule has 0 atom stereocenters. The van der Waals surface area contributed by atoms with E-state index in [1.807, 2.05) is 32.0 Å². The predicted molar refractivity (Wildman–Crippen MR) is 83.5 cm³/mol. The van der Waals surface area contributed by atoms with E-state index < -0.39 is 5.91 Å². The van der Waals surface area contributed by atoms with Crippen molar-refractivity contribution in [1.29, 1.82) is 0 Å². The predicted octanol–water partition coefficient (Wildman–Crippen LogP) is 2.14. The summed E-state index contributed by atoms with van der Waals surface area (Å²) in [4.78, 5) is 23.5. The highest BCUT2D eigenvalue weighted by Crippen LogP contribution is 2.10. The fourth-order valence-corrected chi connectivity index (χ4v) is 1.80. The lowest BCUT2D eigenvalue weighted by Gasteiger charge is -2.09. The molecule has 0 spiro atoms. The van der Waals surface area contributed by atoms with Crippen molar-refractivity contribution in [3.8, 4) is 5.75 Å². The van der Waals surface area contributed by atoms with Gasteiger partial charge in [0.2, 0.25) is 0 Å². The Hall–Kier alpha value is -2.82. The number of benzene rings is 2.